The van der Waals surface area contributed by atoms with E-state index >= 15 is 0 Å². The molecule has 1 saturated heterocycles. The lowest BCUT2D eigenvalue weighted by Crippen LogP contribution is -2.26. The quantitative estimate of drug-likeness (QED) is 0.867. The molecule has 1 unspecified atom stereocenters. The zero-order chi connectivity index (χ0) is 11.4. The molecular formula is C13H19ClN2. The average molecular weight is 239 g/mol. The molecule has 2 rings (SSSR count). The molecule has 1 aromatic rings. The van der Waals surface area contributed by atoms with Gasteiger partial charge in [-0.1, -0.05) is 23.7 Å². The second-order valence-electron chi connectivity index (χ2n) is 4.68. The third kappa shape index (κ3) is 3.48. The first-order chi connectivity index (χ1) is 7.74. The van der Waals surface area contributed by atoms with Crippen molar-refractivity contribution in [3.8, 4) is 0 Å². The molecule has 1 aromatic carbocycles. The number of rotatable bonds is 4. The van der Waals surface area contributed by atoms with Crippen LogP contribution in [0, 0.1) is 5.92 Å². The first-order valence-corrected chi connectivity index (χ1v) is 6.25. The van der Waals surface area contributed by atoms with Crippen LogP contribution < -0.4 is 5.32 Å². The normalized spacial score (nSPS) is 20.6. The maximum Gasteiger partial charge on any atom is 0.0406 e. The molecule has 3 heteroatoms. The van der Waals surface area contributed by atoms with E-state index in [1.807, 2.05) is 12.1 Å². The van der Waals surface area contributed by atoms with Crippen molar-refractivity contribution in [3.05, 3.63) is 34.9 Å². The van der Waals surface area contributed by atoms with E-state index in [9.17, 15) is 0 Å². The van der Waals surface area contributed by atoms with E-state index in [2.05, 4.69) is 29.4 Å². The number of hydrogen-bond donors (Lipinski definition) is 1. The molecule has 0 radical (unpaired) electrons. The molecular weight excluding hydrogens is 220 g/mol. The van der Waals surface area contributed by atoms with Gasteiger partial charge in [-0.3, -0.25) is 0 Å². The van der Waals surface area contributed by atoms with Crippen LogP contribution in [0.15, 0.2) is 24.3 Å². The first-order valence-electron chi connectivity index (χ1n) is 5.88. The Bertz CT molecular complexity index is 317. The Labute approximate surface area is 103 Å². The van der Waals surface area contributed by atoms with E-state index in [-0.39, 0.29) is 0 Å². The van der Waals surface area contributed by atoms with Crippen LogP contribution in [-0.4, -0.2) is 31.6 Å². The Morgan fingerprint density at radius 2 is 2.12 bits per heavy atom. The highest BCUT2D eigenvalue weighted by Gasteiger charge is 2.16. The molecule has 1 fully saturated rings. The van der Waals surface area contributed by atoms with Crippen molar-refractivity contribution < 1.29 is 0 Å². The van der Waals surface area contributed by atoms with Crippen molar-refractivity contribution in [2.45, 2.75) is 13.0 Å². The molecule has 0 amide bonds. The molecule has 1 aliphatic heterocycles. The maximum absolute atomic E-state index is 5.86. The van der Waals surface area contributed by atoms with Gasteiger partial charge in [0.25, 0.3) is 0 Å². The molecule has 0 aromatic heterocycles. The van der Waals surface area contributed by atoms with Gasteiger partial charge in [-0.15, -0.1) is 0 Å². The molecule has 1 atom stereocenters. The molecule has 2 nitrogen and oxygen atoms in total. The Morgan fingerprint density at radius 3 is 2.75 bits per heavy atom. The summed E-state index contributed by atoms with van der Waals surface area (Å²) in [4.78, 5) is 2.39. The molecule has 0 aliphatic carbocycles. The third-order valence-electron chi connectivity index (χ3n) is 3.10. The van der Waals surface area contributed by atoms with Crippen LogP contribution in [0.2, 0.25) is 5.02 Å². The van der Waals surface area contributed by atoms with E-state index in [0.29, 0.717) is 0 Å². The highest BCUT2D eigenvalue weighted by atomic mass is 35.5. The van der Waals surface area contributed by atoms with Crippen LogP contribution in [0.1, 0.15) is 12.0 Å². The third-order valence-corrected chi connectivity index (χ3v) is 3.35. The molecule has 1 N–H and O–H groups in total. The lowest BCUT2D eigenvalue weighted by atomic mass is 10.1. The number of hydrogen-bond acceptors (Lipinski definition) is 2. The van der Waals surface area contributed by atoms with Gasteiger partial charge >= 0.3 is 0 Å². The number of halogens is 1. The van der Waals surface area contributed by atoms with Gasteiger partial charge in [0.05, 0.1) is 0 Å². The topological polar surface area (TPSA) is 15.3 Å². The standard InChI is InChI=1S/C13H19ClN2/c1-16(10-12-6-7-15-8-12)9-11-2-4-13(14)5-3-11/h2-5,12,15H,6-10H2,1H3. The van der Waals surface area contributed by atoms with Crippen molar-refractivity contribution in [2.24, 2.45) is 5.92 Å². The summed E-state index contributed by atoms with van der Waals surface area (Å²) in [5.41, 5.74) is 1.33. The van der Waals surface area contributed by atoms with Crippen LogP contribution in [0.3, 0.4) is 0 Å². The van der Waals surface area contributed by atoms with Gasteiger partial charge in [-0.25, -0.2) is 0 Å². The molecule has 0 bridgehead atoms. The van der Waals surface area contributed by atoms with Crippen molar-refractivity contribution in [1.82, 2.24) is 10.2 Å². The molecule has 1 aliphatic rings. The van der Waals surface area contributed by atoms with Crippen LogP contribution in [0.25, 0.3) is 0 Å². The predicted molar refractivity (Wildman–Crippen MR) is 68.8 cm³/mol. The predicted octanol–water partition coefficient (Wildman–Crippen LogP) is 2.38. The summed E-state index contributed by atoms with van der Waals surface area (Å²) in [5.74, 6) is 0.817. The maximum atomic E-state index is 5.86. The zero-order valence-corrected chi connectivity index (χ0v) is 10.5. The molecule has 1 heterocycles. The summed E-state index contributed by atoms with van der Waals surface area (Å²) < 4.78 is 0. The molecule has 0 spiro atoms. The largest absolute Gasteiger partial charge is 0.316 e. The number of nitrogens with one attached hydrogen (secondary N) is 1. The lowest BCUT2D eigenvalue weighted by Gasteiger charge is -2.20. The summed E-state index contributed by atoms with van der Waals surface area (Å²) in [6.45, 7) is 4.54. The van der Waals surface area contributed by atoms with Crippen molar-refractivity contribution in [3.63, 3.8) is 0 Å². The second kappa shape index (κ2) is 5.67. The Morgan fingerprint density at radius 1 is 1.38 bits per heavy atom. The molecule has 0 saturated carbocycles. The number of benzene rings is 1. The van der Waals surface area contributed by atoms with Gasteiger partial charge < -0.3 is 10.2 Å². The fourth-order valence-electron chi connectivity index (χ4n) is 2.28. The molecule has 16 heavy (non-hydrogen) atoms. The van der Waals surface area contributed by atoms with Crippen LogP contribution >= 0.6 is 11.6 Å². The second-order valence-corrected chi connectivity index (χ2v) is 5.12. The Kier molecular flexibility index (Phi) is 4.22. The van der Waals surface area contributed by atoms with E-state index in [4.69, 9.17) is 11.6 Å². The zero-order valence-electron chi connectivity index (χ0n) is 9.75. The minimum Gasteiger partial charge on any atom is -0.316 e. The first kappa shape index (κ1) is 11.9. The summed E-state index contributed by atoms with van der Waals surface area (Å²) in [6.07, 6.45) is 1.31. The smallest absolute Gasteiger partial charge is 0.0406 e. The fraction of sp³-hybridized carbons (Fsp3) is 0.538. The average Bonchev–Trinajstić information content (AvgIpc) is 2.74. The van der Waals surface area contributed by atoms with E-state index in [1.54, 1.807) is 0 Å². The summed E-state index contributed by atoms with van der Waals surface area (Å²) >= 11 is 5.86. The number of nitrogens with zero attached hydrogens (tertiary/aromatic N) is 1. The van der Waals surface area contributed by atoms with Gasteiger partial charge in [0.1, 0.15) is 0 Å². The SMILES string of the molecule is CN(Cc1ccc(Cl)cc1)CC1CCNC1. The van der Waals surface area contributed by atoms with Crippen molar-refractivity contribution in [2.75, 3.05) is 26.7 Å². The minimum absolute atomic E-state index is 0.811. The summed E-state index contributed by atoms with van der Waals surface area (Å²) in [7, 11) is 2.19. The van der Waals surface area contributed by atoms with E-state index in [1.165, 1.54) is 31.6 Å². The van der Waals surface area contributed by atoms with Gasteiger partial charge in [-0.05, 0) is 50.2 Å². The highest BCUT2D eigenvalue weighted by molar-refractivity contribution is 6.30. The van der Waals surface area contributed by atoms with Crippen LogP contribution in [-0.2, 0) is 6.54 Å². The fourth-order valence-corrected chi connectivity index (χ4v) is 2.40. The van der Waals surface area contributed by atoms with Crippen LogP contribution in [0.4, 0.5) is 0 Å². The van der Waals surface area contributed by atoms with Gasteiger partial charge in [0, 0.05) is 18.1 Å². The minimum atomic E-state index is 0.811. The Hall–Kier alpha value is -0.570. The molecule has 88 valence electrons. The van der Waals surface area contributed by atoms with Gasteiger partial charge in [0.2, 0.25) is 0 Å². The van der Waals surface area contributed by atoms with Crippen molar-refractivity contribution in [1.29, 1.82) is 0 Å². The van der Waals surface area contributed by atoms with E-state index in [0.717, 1.165) is 17.5 Å². The highest BCUT2D eigenvalue weighted by Crippen LogP contribution is 2.13. The Balaban J connectivity index is 1.81. The van der Waals surface area contributed by atoms with Gasteiger partial charge in [0.15, 0.2) is 0 Å². The monoisotopic (exact) mass is 238 g/mol. The summed E-state index contributed by atoms with van der Waals surface area (Å²) in [6, 6.07) is 8.13. The lowest BCUT2D eigenvalue weighted by molar-refractivity contribution is 0.278. The van der Waals surface area contributed by atoms with Gasteiger partial charge in [-0.2, -0.15) is 0 Å². The van der Waals surface area contributed by atoms with Crippen LogP contribution in [0.5, 0.6) is 0 Å². The van der Waals surface area contributed by atoms with Crippen molar-refractivity contribution >= 4 is 11.6 Å². The van der Waals surface area contributed by atoms with E-state index < -0.39 is 0 Å². The summed E-state index contributed by atoms with van der Waals surface area (Å²) in [5, 5.41) is 4.22.